The molecule has 3 aromatic carbocycles. The Morgan fingerprint density at radius 3 is 2.54 bits per heavy atom. The van der Waals surface area contributed by atoms with E-state index in [0.29, 0.717) is 40.4 Å². The largest absolute Gasteiger partial charge is 0.507 e. The van der Waals surface area contributed by atoms with Crippen molar-refractivity contribution in [1.82, 2.24) is 15.1 Å². The third-order valence-corrected chi connectivity index (χ3v) is 6.80. The van der Waals surface area contributed by atoms with E-state index in [9.17, 15) is 19.1 Å². The molecule has 200 valence electrons. The Hall–Kier alpha value is -4.66. The number of phenolic OH excluding ortho intramolecular Hbond substituents is 1. The summed E-state index contributed by atoms with van der Waals surface area (Å²) in [6, 6.07) is 19.1. The van der Waals surface area contributed by atoms with E-state index in [2.05, 4.69) is 15.7 Å². The number of nitrogens with zero attached hydrogens (tertiary/aromatic N) is 2. The van der Waals surface area contributed by atoms with Gasteiger partial charge in [0.15, 0.2) is 0 Å². The molecule has 8 nitrogen and oxygen atoms in total. The molecule has 1 fully saturated rings. The second-order valence-corrected chi connectivity index (χ2v) is 9.39. The van der Waals surface area contributed by atoms with E-state index < -0.39 is 11.8 Å². The molecule has 1 saturated carbocycles. The van der Waals surface area contributed by atoms with Crippen LogP contribution in [-0.2, 0) is 6.54 Å². The fourth-order valence-corrected chi connectivity index (χ4v) is 4.46. The molecule has 5 rings (SSSR count). The van der Waals surface area contributed by atoms with Crippen molar-refractivity contribution in [3.8, 4) is 22.8 Å². The fourth-order valence-electron chi connectivity index (χ4n) is 4.46. The van der Waals surface area contributed by atoms with Crippen molar-refractivity contribution in [3.63, 3.8) is 0 Å². The maximum Gasteiger partial charge on any atom is 0.342 e. The van der Waals surface area contributed by atoms with Crippen LogP contribution in [0.2, 0.25) is 0 Å². The van der Waals surface area contributed by atoms with E-state index in [1.54, 1.807) is 60.7 Å². The second kappa shape index (κ2) is 11.4. The molecule has 1 aliphatic rings. The van der Waals surface area contributed by atoms with Gasteiger partial charge in [-0.15, -0.1) is 0 Å². The van der Waals surface area contributed by atoms with Gasteiger partial charge in [-0.3, -0.25) is 4.79 Å². The molecule has 1 aromatic heterocycles. The first-order valence-electron chi connectivity index (χ1n) is 12.9. The predicted molar refractivity (Wildman–Crippen MR) is 146 cm³/mol. The molecule has 0 atom stereocenters. The van der Waals surface area contributed by atoms with Crippen LogP contribution in [0.5, 0.6) is 11.5 Å². The van der Waals surface area contributed by atoms with Crippen molar-refractivity contribution < 1.29 is 23.8 Å². The number of benzene rings is 3. The van der Waals surface area contributed by atoms with Gasteiger partial charge in [0.2, 0.25) is 0 Å². The number of carbonyl (C=O) groups is 2. The topological polar surface area (TPSA) is 105 Å². The Morgan fingerprint density at radius 1 is 1.08 bits per heavy atom. The monoisotopic (exact) mass is 528 g/mol. The van der Waals surface area contributed by atoms with Crippen LogP contribution in [0.3, 0.4) is 0 Å². The van der Waals surface area contributed by atoms with Crippen molar-refractivity contribution in [2.24, 2.45) is 0 Å². The Morgan fingerprint density at radius 2 is 1.85 bits per heavy atom. The molecule has 39 heavy (non-hydrogen) atoms. The summed E-state index contributed by atoms with van der Waals surface area (Å²) in [7, 11) is 0. The number of rotatable bonds is 8. The SMILES string of the molecule is CCOc1ccc(C(=O)Nc2ccc(O)c(-c3cc(C4CCC4)n(C(=O)NCc4ccccc4F)n3)c2)cc1. The molecular formula is C30H29FN4O4. The van der Waals surface area contributed by atoms with Crippen LogP contribution in [0.4, 0.5) is 14.9 Å². The summed E-state index contributed by atoms with van der Waals surface area (Å²) in [4.78, 5) is 25.9. The molecule has 1 aliphatic carbocycles. The molecule has 4 aromatic rings. The van der Waals surface area contributed by atoms with E-state index in [0.717, 1.165) is 25.0 Å². The molecule has 0 aliphatic heterocycles. The lowest BCUT2D eigenvalue weighted by atomic mass is 9.82. The number of carbonyl (C=O) groups excluding carboxylic acids is 2. The quantitative estimate of drug-likeness (QED) is 0.241. The highest BCUT2D eigenvalue weighted by molar-refractivity contribution is 6.04. The van der Waals surface area contributed by atoms with Gasteiger partial charge < -0.3 is 20.5 Å². The average molecular weight is 529 g/mol. The van der Waals surface area contributed by atoms with E-state index in [4.69, 9.17) is 4.74 Å². The molecular weight excluding hydrogens is 499 g/mol. The van der Waals surface area contributed by atoms with Crippen molar-refractivity contribution in [2.75, 3.05) is 11.9 Å². The van der Waals surface area contributed by atoms with Crippen LogP contribution in [0, 0.1) is 5.82 Å². The van der Waals surface area contributed by atoms with Crippen molar-refractivity contribution >= 4 is 17.6 Å². The first-order valence-corrected chi connectivity index (χ1v) is 12.9. The number of hydrogen-bond acceptors (Lipinski definition) is 5. The summed E-state index contributed by atoms with van der Waals surface area (Å²) in [5, 5.41) is 20.7. The minimum absolute atomic E-state index is 0.0170. The number of aromatic hydroxyl groups is 1. The zero-order valence-corrected chi connectivity index (χ0v) is 21.5. The van der Waals surface area contributed by atoms with Crippen LogP contribution >= 0.6 is 0 Å². The number of amides is 2. The standard InChI is InChI=1S/C30H29FN4O4/c1-2-39-23-13-10-20(11-14-23)29(37)33-22-12-15-28(36)24(16-22)26-17-27(19-7-5-8-19)35(34-26)30(38)32-18-21-6-3-4-9-25(21)31/h3-4,6,9-17,19,36H,2,5,7-8,18H2,1H3,(H,32,38)(H,33,37). The molecule has 0 bridgehead atoms. The molecule has 9 heteroatoms. The average Bonchev–Trinajstić information content (AvgIpc) is 3.33. The Kier molecular flexibility index (Phi) is 7.58. The summed E-state index contributed by atoms with van der Waals surface area (Å²) in [5.74, 6) is 0.0904. The van der Waals surface area contributed by atoms with Crippen molar-refractivity contribution in [1.29, 1.82) is 0 Å². The first-order chi connectivity index (χ1) is 18.9. The van der Waals surface area contributed by atoms with Gasteiger partial charge in [0.1, 0.15) is 17.3 Å². The lowest BCUT2D eigenvalue weighted by Crippen LogP contribution is -2.31. The number of halogens is 1. The molecule has 0 radical (unpaired) electrons. The number of phenols is 1. The molecule has 0 spiro atoms. The number of aromatic nitrogens is 2. The lowest BCUT2D eigenvalue weighted by molar-refractivity contribution is 0.102. The third kappa shape index (κ3) is 5.77. The highest BCUT2D eigenvalue weighted by Crippen LogP contribution is 2.39. The molecule has 0 saturated heterocycles. The normalized spacial score (nSPS) is 13.0. The van der Waals surface area contributed by atoms with Crippen LogP contribution in [0.25, 0.3) is 11.3 Å². The Balaban J connectivity index is 1.37. The van der Waals surface area contributed by atoms with Gasteiger partial charge in [-0.25, -0.2) is 9.18 Å². The van der Waals surface area contributed by atoms with E-state index in [1.165, 1.54) is 16.8 Å². The molecule has 1 heterocycles. The maximum absolute atomic E-state index is 14.0. The van der Waals surface area contributed by atoms with Crippen LogP contribution in [-0.4, -0.2) is 33.4 Å². The smallest absolute Gasteiger partial charge is 0.342 e. The van der Waals surface area contributed by atoms with E-state index in [1.807, 2.05) is 6.92 Å². The number of hydrogen-bond donors (Lipinski definition) is 3. The Bertz CT molecular complexity index is 1500. The zero-order valence-electron chi connectivity index (χ0n) is 21.5. The highest BCUT2D eigenvalue weighted by Gasteiger charge is 2.28. The zero-order chi connectivity index (χ0) is 27.4. The first kappa shape index (κ1) is 26.0. The van der Waals surface area contributed by atoms with Crippen molar-refractivity contribution in [3.05, 3.63) is 95.4 Å². The summed E-state index contributed by atoms with van der Waals surface area (Å²) in [6.45, 7) is 2.44. The molecule has 2 amide bonds. The van der Waals surface area contributed by atoms with Gasteiger partial charge in [-0.1, -0.05) is 24.6 Å². The minimum atomic E-state index is -0.481. The number of nitrogens with one attached hydrogen (secondary N) is 2. The van der Waals surface area contributed by atoms with Gasteiger partial charge in [0, 0.05) is 34.8 Å². The summed E-state index contributed by atoms with van der Waals surface area (Å²) in [6.07, 6.45) is 2.91. The van der Waals surface area contributed by atoms with Crippen molar-refractivity contribution in [2.45, 2.75) is 38.6 Å². The Labute approximate surface area is 225 Å². The third-order valence-electron chi connectivity index (χ3n) is 6.80. The van der Waals surface area contributed by atoms with E-state index in [-0.39, 0.29) is 24.1 Å². The van der Waals surface area contributed by atoms with Gasteiger partial charge >= 0.3 is 6.03 Å². The number of anilines is 1. The predicted octanol–water partition coefficient (Wildman–Crippen LogP) is 6.07. The highest BCUT2D eigenvalue weighted by atomic mass is 19.1. The van der Waals surface area contributed by atoms with Gasteiger partial charge in [0.25, 0.3) is 5.91 Å². The summed E-state index contributed by atoms with van der Waals surface area (Å²) >= 11 is 0. The van der Waals surface area contributed by atoms with Gasteiger partial charge in [-0.2, -0.15) is 9.78 Å². The molecule has 3 N–H and O–H groups in total. The summed E-state index contributed by atoms with van der Waals surface area (Å²) in [5.41, 5.74) is 2.79. The summed E-state index contributed by atoms with van der Waals surface area (Å²) < 4.78 is 20.8. The van der Waals surface area contributed by atoms with Crippen LogP contribution < -0.4 is 15.4 Å². The van der Waals surface area contributed by atoms with Gasteiger partial charge in [-0.05, 0) is 74.4 Å². The molecule has 0 unspecified atom stereocenters. The van der Waals surface area contributed by atoms with Gasteiger partial charge in [0.05, 0.1) is 18.0 Å². The lowest BCUT2D eigenvalue weighted by Gasteiger charge is -2.25. The maximum atomic E-state index is 14.0. The van der Waals surface area contributed by atoms with E-state index >= 15 is 0 Å². The number of ether oxygens (including phenoxy) is 1. The second-order valence-electron chi connectivity index (χ2n) is 9.39. The fraction of sp³-hybridized carbons (Fsp3) is 0.233. The minimum Gasteiger partial charge on any atom is -0.507 e. The van der Waals surface area contributed by atoms with Crippen LogP contribution in [0.15, 0.2) is 72.8 Å². The van der Waals surface area contributed by atoms with Crippen LogP contribution in [0.1, 0.15) is 53.7 Å².